The first-order valence-corrected chi connectivity index (χ1v) is 7.77. The van der Waals surface area contributed by atoms with Crippen LogP contribution in [-0.4, -0.2) is 17.6 Å². The number of rotatable bonds is 6. The third kappa shape index (κ3) is 4.41. The second-order valence-corrected chi connectivity index (χ2v) is 5.64. The van der Waals surface area contributed by atoms with E-state index in [4.69, 9.17) is 0 Å². The Morgan fingerprint density at radius 3 is 2.53 bits per heavy atom. The van der Waals surface area contributed by atoms with Gasteiger partial charge >= 0.3 is 0 Å². The molecular weight excluding hydrogens is 234 g/mol. The van der Waals surface area contributed by atoms with E-state index >= 15 is 0 Å². The molecule has 0 saturated heterocycles. The summed E-state index contributed by atoms with van der Waals surface area (Å²) in [4.78, 5) is 4.29. The molecule has 2 rings (SSSR count). The smallest absolute Gasteiger partial charge is 0.0549 e. The molecule has 1 aliphatic rings. The zero-order chi connectivity index (χ0) is 13.5. The minimum atomic E-state index is 0.631. The van der Waals surface area contributed by atoms with Gasteiger partial charge in [-0.1, -0.05) is 19.8 Å². The van der Waals surface area contributed by atoms with E-state index in [1.807, 2.05) is 12.4 Å². The predicted molar refractivity (Wildman–Crippen MR) is 82.7 cm³/mol. The van der Waals surface area contributed by atoms with Gasteiger partial charge in [-0.2, -0.15) is 0 Å². The van der Waals surface area contributed by atoms with E-state index in [1.54, 1.807) is 0 Å². The number of hydrogen-bond donors (Lipinski definition) is 2. The third-order valence-electron chi connectivity index (χ3n) is 4.03. The third-order valence-corrected chi connectivity index (χ3v) is 4.03. The molecule has 0 aliphatic heterocycles. The quantitative estimate of drug-likeness (QED) is 0.802. The van der Waals surface area contributed by atoms with Gasteiger partial charge in [0, 0.05) is 12.6 Å². The monoisotopic (exact) mass is 261 g/mol. The standard InChI is InChI=1S/C16H27N3/c1-3-5-13-6-8-14(9-7-13)19-16-10-15(18-4-2)11-17-12-16/h10-14,18-19H,3-9H2,1-2H3. The van der Waals surface area contributed by atoms with Gasteiger partial charge in [-0.25, -0.2) is 0 Å². The maximum Gasteiger partial charge on any atom is 0.0549 e. The van der Waals surface area contributed by atoms with Crippen molar-refractivity contribution in [2.75, 3.05) is 17.2 Å². The Balaban J connectivity index is 1.83. The van der Waals surface area contributed by atoms with E-state index < -0.39 is 0 Å². The van der Waals surface area contributed by atoms with Crippen molar-refractivity contribution in [1.82, 2.24) is 4.98 Å². The maximum atomic E-state index is 4.29. The van der Waals surface area contributed by atoms with Gasteiger partial charge in [0.25, 0.3) is 0 Å². The molecule has 3 heteroatoms. The Bertz CT molecular complexity index is 370. The van der Waals surface area contributed by atoms with Crippen molar-refractivity contribution in [3.63, 3.8) is 0 Å². The first-order chi connectivity index (χ1) is 9.31. The van der Waals surface area contributed by atoms with Gasteiger partial charge in [-0.15, -0.1) is 0 Å². The zero-order valence-corrected chi connectivity index (χ0v) is 12.3. The van der Waals surface area contributed by atoms with Crippen molar-refractivity contribution in [2.24, 2.45) is 5.92 Å². The molecule has 1 heterocycles. The molecule has 0 atom stereocenters. The SMILES string of the molecule is CCCC1CCC(Nc2cncc(NCC)c2)CC1. The fraction of sp³-hybridized carbons (Fsp3) is 0.688. The minimum absolute atomic E-state index is 0.631. The summed E-state index contributed by atoms with van der Waals surface area (Å²) in [6.07, 6.45) is 11.9. The normalized spacial score (nSPS) is 23.1. The van der Waals surface area contributed by atoms with Crippen LogP contribution in [0.2, 0.25) is 0 Å². The highest BCUT2D eigenvalue weighted by molar-refractivity contribution is 5.54. The van der Waals surface area contributed by atoms with Crippen LogP contribution in [0.25, 0.3) is 0 Å². The van der Waals surface area contributed by atoms with E-state index in [0.717, 1.165) is 23.8 Å². The van der Waals surface area contributed by atoms with Gasteiger partial charge < -0.3 is 10.6 Å². The summed E-state index contributed by atoms with van der Waals surface area (Å²) < 4.78 is 0. The van der Waals surface area contributed by atoms with Crippen LogP contribution in [0.3, 0.4) is 0 Å². The average molecular weight is 261 g/mol. The highest BCUT2D eigenvalue weighted by atomic mass is 14.9. The molecule has 0 bridgehead atoms. The van der Waals surface area contributed by atoms with Crippen LogP contribution in [0.1, 0.15) is 52.4 Å². The fourth-order valence-corrected chi connectivity index (χ4v) is 3.06. The number of hydrogen-bond acceptors (Lipinski definition) is 3. The molecule has 1 aromatic heterocycles. The lowest BCUT2D eigenvalue weighted by molar-refractivity contribution is 0.319. The Hall–Kier alpha value is -1.25. The van der Waals surface area contributed by atoms with Gasteiger partial charge in [0.05, 0.1) is 23.8 Å². The van der Waals surface area contributed by atoms with Crippen molar-refractivity contribution >= 4 is 11.4 Å². The first-order valence-electron chi connectivity index (χ1n) is 7.77. The average Bonchev–Trinajstić information content (AvgIpc) is 2.42. The lowest BCUT2D eigenvalue weighted by atomic mass is 9.83. The number of pyridine rings is 1. The van der Waals surface area contributed by atoms with Gasteiger partial charge in [-0.05, 0) is 44.6 Å². The minimum Gasteiger partial charge on any atom is -0.384 e. The van der Waals surface area contributed by atoms with Gasteiger partial charge in [0.1, 0.15) is 0 Å². The summed E-state index contributed by atoms with van der Waals surface area (Å²) in [7, 11) is 0. The van der Waals surface area contributed by atoms with Crippen LogP contribution in [0, 0.1) is 5.92 Å². The van der Waals surface area contributed by atoms with Gasteiger partial charge in [0.2, 0.25) is 0 Å². The second kappa shape index (κ2) is 7.37. The molecule has 106 valence electrons. The van der Waals surface area contributed by atoms with Crippen LogP contribution in [0.15, 0.2) is 18.5 Å². The van der Waals surface area contributed by atoms with Crippen LogP contribution < -0.4 is 10.6 Å². The number of nitrogens with zero attached hydrogens (tertiary/aromatic N) is 1. The van der Waals surface area contributed by atoms with E-state index in [2.05, 4.69) is 35.5 Å². The molecule has 1 saturated carbocycles. The molecule has 0 radical (unpaired) electrons. The van der Waals surface area contributed by atoms with E-state index in [0.29, 0.717) is 6.04 Å². The van der Waals surface area contributed by atoms with E-state index in [-0.39, 0.29) is 0 Å². The molecule has 0 unspecified atom stereocenters. The summed E-state index contributed by atoms with van der Waals surface area (Å²) in [5, 5.41) is 6.95. The lowest BCUT2D eigenvalue weighted by Gasteiger charge is -2.29. The number of anilines is 2. The van der Waals surface area contributed by atoms with Crippen LogP contribution in [0.5, 0.6) is 0 Å². The summed E-state index contributed by atoms with van der Waals surface area (Å²) in [5.41, 5.74) is 2.25. The number of nitrogens with one attached hydrogen (secondary N) is 2. The Kier molecular flexibility index (Phi) is 5.49. The molecule has 19 heavy (non-hydrogen) atoms. The van der Waals surface area contributed by atoms with Crippen molar-refractivity contribution in [2.45, 2.75) is 58.4 Å². The Morgan fingerprint density at radius 2 is 1.84 bits per heavy atom. The number of aromatic nitrogens is 1. The molecule has 0 aromatic carbocycles. The fourth-order valence-electron chi connectivity index (χ4n) is 3.06. The molecule has 1 fully saturated rings. The highest BCUT2D eigenvalue weighted by Crippen LogP contribution is 2.29. The van der Waals surface area contributed by atoms with Crippen molar-refractivity contribution in [3.8, 4) is 0 Å². The lowest BCUT2D eigenvalue weighted by Crippen LogP contribution is -2.26. The molecule has 0 amide bonds. The second-order valence-electron chi connectivity index (χ2n) is 5.64. The maximum absolute atomic E-state index is 4.29. The van der Waals surface area contributed by atoms with Gasteiger partial charge in [0.15, 0.2) is 0 Å². The van der Waals surface area contributed by atoms with Crippen molar-refractivity contribution < 1.29 is 0 Å². The summed E-state index contributed by atoms with van der Waals surface area (Å²) >= 11 is 0. The molecule has 1 aromatic rings. The predicted octanol–water partition coefficient (Wildman–Crippen LogP) is 4.28. The molecule has 3 nitrogen and oxygen atoms in total. The zero-order valence-electron chi connectivity index (χ0n) is 12.3. The summed E-state index contributed by atoms with van der Waals surface area (Å²) in [5.74, 6) is 0.967. The Morgan fingerprint density at radius 1 is 1.11 bits per heavy atom. The van der Waals surface area contributed by atoms with Crippen molar-refractivity contribution in [1.29, 1.82) is 0 Å². The highest BCUT2D eigenvalue weighted by Gasteiger charge is 2.20. The van der Waals surface area contributed by atoms with Crippen LogP contribution >= 0.6 is 0 Å². The summed E-state index contributed by atoms with van der Waals surface area (Å²) in [6.45, 7) is 5.34. The topological polar surface area (TPSA) is 37.0 Å². The largest absolute Gasteiger partial charge is 0.384 e. The van der Waals surface area contributed by atoms with E-state index in [9.17, 15) is 0 Å². The first kappa shape index (κ1) is 14.2. The van der Waals surface area contributed by atoms with Crippen LogP contribution in [-0.2, 0) is 0 Å². The van der Waals surface area contributed by atoms with Crippen LogP contribution in [0.4, 0.5) is 11.4 Å². The van der Waals surface area contributed by atoms with Crippen molar-refractivity contribution in [3.05, 3.63) is 18.5 Å². The molecule has 1 aliphatic carbocycles. The van der Waals surface area contributed by atoms with E-state index in [1.165, 1.54) is 38.5 Å². The molecular formula is C16H27N3. The molecule has 2 N–H and O–H groups in total. The Labute approximate surface area is 117 Å². The summed E-state index contributed by atoms with van der Waals surface area (Å²) in [6, 6.07) is 2.79. The van der Waals surface area contributed by atoms with Gasteiger partial charge in [-0.3, -0.25) is 4.98 Å². The molecule has 0 spiro atoms.